The Morgan fingerprint density at radius 1 is 1.28 bits per heavy atom. The minimum absolute atomic E-state index is 0.0314. The van der Waals surface area contributed by atoms with Crippen molar-refractivity contribution >= 4 is 44.8 Å². The van der Waals surface area contributed by atoms with E-state index in [1.807, 2.05) is 9.80 Å². The van der Waals surface area contributed by atoms with Gasteiger partial charge >= 0.3 is 6.18 Å². The van der Waals surface area contributed by atoms with Crippen molar-refractivity contribution in [1.82, 2.24) is 15.1 Å². The summed E-state index contributed by atoms with van der Waals surface area (Å²) in [7, 11) is 0. The lowest BCUT2D eigenvalue weighted by Gasteiger charge is -2.35. The number of amides is 1. The van der Waals surface area contributed by atoms with E-state index < -0.39 is 22.7 Å². The molecule has 0 unspecified atom stereocenters. The van der Waals surface area contributed by atoms with Gasteiger partial charge in [-0.25, -0.2) is 5.10 Å². The summed E-state index contributed by atoms with van der Waals surface area (Å²) in [4.78, 5) is 27.7. The van der Waals surface area contributed by atoms with Crippen molar-refractivity contribution < 1.29 is 18.0 Å². The van der Waals surface area contributed by atoms with Crippen LogP contribution < -0.4 is 15.8 Å². The molecule has 2 heterocycles. The fraction of sp³-hybridized carbons (Fsp3) is 0.353. The summed E-state index contributed by atoms with van der Waals surface area (Å²) in [6.45, 7) is 2.25. The summed E-state index contributed by atoms with van der Waals surface area (Å²) < 4.78 is 39.2. The summed E-state index contributed by atoms with van der Waals surface area (Å²) in [6.07, 6.45) is -3.05. The maximum absolute atomic E-state index is 12.9. The summed E-state index contributed by atoms with van der Waals surface area (Å²) in [5.41, 5.74) is -0.629. The highest BCUT2D eigenvalue weighted by molar-refractivity contribution is 9.10. The number of nitrogens with one attached hydrogen (secondary N) is 2. The minimum Gasteiger partial charge on any atom is -0.367 e. The molecule has 12 heteroatoms. The molecule has 1 aliphatic heterocycles. The van der Waals surface area contributed by atoms with Gasteiger partial charge in [-0.15, -0.1) is 0 Å². The highest BCUT2D eigenvalue weighted by atomic mass is 79.9. The molecule has 0 saturated carbocycles. The van der Waals surface area contributed by atoms with Gasteiger partial charge in [0, 0.05) is 31.9 Å². The smallest absolute Gasteiger partial charge is 0.367 e. The van der Waals surface area contributed by atoms with Crippen LogP contribution in [-0.2, 0) is 11.0 Å². The van der Waals surface area contributed by atoms with E-state index in [2.05, 4.69) is 31.4 Å². The monoisotopic (exact) mass is 493 g/mol. The second-order valence-corrected chi connectivity index (χ2v) is 7.60. The van der Waals surface area contributed by atoms with Gasteiger partial charge in [-0.05, 0) is 34.1 Å². The number of rotatable bonds is 4. The summed E-state index contributed by atoms with van der Waals surface area (Å²) in [5.74, 6) is -0.423. The molecule has 0 spiro atoms. The highest BCUT2D eigenvalue weighted by Gasteiger charge is 2.33. The van der Waals surface area contributed by atoms with E-state index in [9.17, 15) is 22.8 Å². The standard InChI is InChI=1S/C17H16BrClF3N5O2/c18-15-13(8-23-25-16(15)29)27-5-3-26(4-6-27)9-14(28)24-10-1-2-12(19)11(7-10)17(20,21)22/h1-2,7-8H,3-6,9H2,(H,24,28)(H,25,29). The number of H-pyrrole nitrogens is 1. The van der Waals surface area contributed by atoms with Crippen LogP contribution in [0.25, 0.3) is 0 Å². The minimum atomic E-state index is -4.60. The van der Waals surface area contributed by atoms with Crippen LogP contribution >= 0.6 is 27.5 Å². The first-order valence-corrected chi connectivity index (χ1v) is 9.69. The Bertz CT molecular complexity index is 961. The van der Waals surface area contributed by atoms with Gasteiger partial charge < -0.3 is 10.2 Å². The quantitative estimate of drug-likeness (QED) is 0.683. The first-order valence-electron chi connectivity index (χ1n) is 8.52. The Morgan fingerprint density at radius 3 is 2.62 bits per heavy atom. The Hall–Kier alpha value is -2.11. The van der Waals surface area contributed by atoms with Gasteiger partial charge in [0.2, 0.25) is 5.91 Å². The van der Waals surface area contributed by atoms with E-state index in [1.54, 1.807) is 6.20 Å². The van der Waals surface area contributed by atoms with Crippen LogP contribution in [0.4, 0.5) is 24.5 Å². The van der Waals surface area contributed by atoms with Crippen LogP contribution in [0.15, 0.2) is 33.7 Å². The molecule has 0 aliphatic carbocycles. The van der Waals surface area contributed by atoms with Gasteiger partial charge in [0.1, 0.15) is 4.47 Å². The van der Waals surface area contributed by atoms with E-state index in [0.29, 0.717) is 36.3 Å². The molecule has 156 valence electrons. The zero-order valence-electron chi connectivity index (χ0n) is 14.9. The molecular weight excluding hydrogens is 479 g/mol. The zero-order chi connectivity index (χ0) is 21.2. The third-order valence-electron chi connectivity index (χ3n) is 4.41. The molecule has 1 fully saturated rings. The SMILES string of the molecule is O=C(CN1CCN(c2cn[nH]c(=O)c2Br)CC1)Nc1ccc(Cl)c(C(F)(F)F)c1. The summed E-state index contributed by atoms with van der Waals surface area (Å²) in [6, 6.07) is 3.24. The van der Waals surface area contributed by atoms with E-state index in [-0.39, 0.29) is 17.8 Å². The number of aromatic nitrogens is 2. The molecule has 0 bridgehead atoms. The maximum atomic E-state index is 12.9. The Morgan fingerprint density at radius 2 is 1.97 bits per heavy atom. The molecule has 2 aromatic rings. The van der Waals surface area contributed by atoms with E-state index in [1.165, 1.54) is 6.07 Å². The van der Waals surface area contributed by atoms with Crippen molar-refractivity contribution in [2.24, 2.45) is 0 Å². The van der Waals surface area contributed by atoms with Gasteiger partial charge in [-0.3, -0.25) is 14.5 Å². The first-order chi connectivity index (χ1) is 13.6. The number of hydrogen-bond donors (Lipinski definition) is 2. The van der Waals surface area contributed by atoms with Crippen LogP contribution in [-0.4, -0.2) is 53.7 Å². The molecule has 1 aromatic heterocycles. The number of piperazine rings is 1. The third kappa shape index (κ3) is 5.28. The first kappa shape index (κ1) is 21.6. The van der Waals surface area contributed by atoms with Crippen molar-refractivity contribution in [3.63, 3.8) is 0 Å². The zero-order valence-corrected chi connectivity index (χ0v) is 17.2. The number of halogens is 5. The molecule has 3 rings (SSSR count). The van der Waals surface area contributed by atoms with Crippen molar-refractivity contribution in [3.05, 3.63) is 49.8 Å². The maximum Gasteiger partial charge on any atom is 0.417 e. The van der Waals surface area contributed by atoms with Crippen LogP contribution in [0.1, 0.15) is 5.56 Å². The predicted octanol–water partition coefficient (Wildman–Crippen LogP) is 2.97. The van der Waals surface area contributed by atoms with Gasteiger partial charge in [0.15, 0.2) is 0 Å². The number of hydrogen-bond acceptors (Lipinski definition) is 5. The lowest BCUT2D eigenvalue weighted by atomic mass is 10.2. The normalized spacial score (nSPS) is 15.4. The molecule has 7 nitrogen and oxygen atoms in total. The molecule has 1 amide bonds. The average Bonchev–Trinajstić information content (AvgIpc) is 2.65. The fourth-order valence-corrected chi connectivity index (χ4v) is 3.63. The second-order valence-electron chi connectivity index (χ2n) is 6.40. The summed E-state index contributed by atoms with van der Waals surface area (Å²) in [5, 5.41) is 8.17. The van der Waals surface area contributed by atoms with Gasteiger partial charge in [-0.1, -0.05) is 11.6 Å². The molecule has 0 radical (unpaired) electrons. The molecule has 0 atom stereocenters. The van der Waals surface area contributed by atoms with Crippen LogP contribution in [0, 0.1) is 0 Å². The average molecular weight is 495 g/mol. The largest absolute Gasteiger partial charge is 0.417 e. The highest BCUT2D eigenvalue weighted by Crippen LogP contribution is 2.36. The van der Waals surface area contributed by atoms with Crippen molar-refractivity contribution in [3.8, 4) is 0 Å². The Balaban J connectivity index is 1.56. The second kappa shape index (κ2) is 8.72. The number of nitrogens with zero attached hydrogens (tertiary/aromatic N) is 3. The molecule has 1 aliphatic rings. The number of anilines is 2. The topological polar surface area (TPSA) is 81.3 Å². The fourth-order valence-electron chi connectivity index (χ4n) is 2.97. The van der Waals surface area contributed by atoms with Crippen molar-refractivity contribution in [2.45, 2.75) is 6.18 Å². The van der Waals surface area contributed by atoms with E-state index in [0.717, 1.165) is 12.1 Å². The molecule has 1 aromatic carbocycles. The molecule has 29 heavy (non-hydrogen) atoms. The number of benzene rings is 1. The van der Waals surface area contributed by atoms with Crippen molar-refractivity contribution in [2.75, 3.05) is 42.9 Å². The molecule has 2 N–H and O–H groups in total. The number of alkyl halides is 3. The van der Waals surface area contributed by atoms with Gasteiger partial charge in [0.25, 0.3) is 5.56 Å². The molecule has 1 saturated heterocycles. The van der Waals surface area contributed by atoms with Gasteiger partial charge in [-0.2, -0.15) is 18.3 Å². The van der Waals surface area contributed by atoms with Gasteiger partial charge in [0.05, 0.1) is 29.0 Å². The number of aromatic amines is 1. The van der Waals surface area contributed by atoms with Crippen LogP contribution in [0.5, 0.6) is 0 Å². The third-order valence-corrected chi connectivity index (χ3v) is 5.51. The lowest BCUT2D eigenvalue weighted by molar-refractivity contribution is -0.137. The Kier molecular flexibility index (Phi) is 6.49. The van der Waals surface area contributed by atoms with E-state index in [4.69, 9.17) is 11.6 Å². The van der Waals surface area contributed by atoms with Crippen LogP contribution in [0.3, 0.4) is 0 Å². The number of carbonyl (C=O) groups excluding carboxylic acids is 1. The van der Waals surface area contributed by atoms with Crippen LogP contribution in [0.2, 0.25) is 5.02 Å². The predicted molar refractivity (Wildman–Crippen MR) is 106 cm³/mol. The molecular formula is C17H16BrClF3N5O2. The van der Waals surface area contributed by atoms with Crippen molar-refractivity contribution in [1.29, 1.82) is 0 Å². The lowest BCUT2D eigenvalue weighted by Crippen LogP contribution is -2.49. The Labute approximate surface area is 177 Å². The summed E-state index contributed by atoms with van der Waals surface area (Å²) >= 11 is 8.82. The number of carbonyl (C=O) groups is 1. The van der Waals surface area contributed by atoms with E-state index >= 15 is 0 Å².